The molecule has 0 unspecified atom stereocenters. The van der Waals surface area contributed by atoms with Crippen LogP contribution in [-0.4, -0.2) is 60.0 Å². The maximum Gasteiger partial charge on any atom is 0.232 e. The molecule has 0 N–H and O–H groups in total. The molecule has 0 amide bonds. The van der Waals surface area contributed by atoms with E-state index in [2.05, 4.69) is 51.6 Å². The summed E-state index contributed by atoms with van der Waals surface area (Å²) in [5.74, 6) is 1.33. The molecule has 18 heavy (non-hydrogen) atoms. The van der Waals surface area contributed by atoms with Gasteiger partial charge in [0.2, 0.25) is 11.8 Å². The van der Waals surface area contributed by atoms with Gasteiger partial charge in [0, 0.05) is 38.1 Å². The van der Waals surface area contributed by atoms with Crippen molar-refractivity contribution >= 4 is 37.8 Å². The van der Waals surface area contributed by atoms with Crippen molar-refractivity contribution in [3.63, 3.8) is 0 Å². The largest absolute Gasteiger partial charge is 0.480 e. The van der Waals surface area contributed by atoms with Gasteiger partial charge in [0.25, 0.3) is 0 Å². The Morgan fingerprint density at radius 1 is 1.33 bits per heavy atom. The summed E-state index contributed by atoms with van der Waals surface area (Å²) in [4.78, 5) is 13.4. The Balaban J connectivity index is 2.01. The predicted molar refractivity (Wildman–Crippen MR) is 78.7 cm³/mol. The summed E-state index contributed by atoms with van der Waals surface area (Å²) in [6.45, 7) is 5.11. The molecule has 1 aromatic rings. The monoisotopic (exact) mass is 378 g/mol. The first-order chi connectivity index (χ1) is 8.74. The molecule has 100 valence electrons. The van der Waals surface area contributed by atoms with E-state index in [1.54, 1.807) is 13.3 Å². The zero-order valence-corrected chi connectivity index (χ0v) is 13.4. The van der Waals surface area contributed by atoms with Gasteiger partial charge in [0.05, 0.1) is 17.8 Å². The minimum atomic E-state index is 0.586. The number of aromatic nitrogens is 2. The van der Waals surface area contributed by atoms with Crippen molar-refractivity contribution in [3.8, 4) is 5.88 Å². The number of hydrogen-bond acceptors (Lipinski definition) is 5. The number of anilines is 1. The van der Waals surface area contributed by atoms with E-state index in [0.29, 0.717) is 5.88 Å². The lowest BCUT2D eigenvalue weighted by Crippen LogP contribution is -2.47. The Morgan fingerprint density at radius 2 is 2.06 bits per heavy atom. The van der Waals surface area contributed by atoms with Crippen LogP contribution in [0.2, 0.25) is 0 Å². The van der Waals surface area contributed by atoms with Gasteiger partial charge in [-0.05, 0) is 15.9 Å². The molecule has 0 radical (unpaired) electrons. The molecule has 1 aliphatic rings. The van der Waals surface area contributed by atoms with Crippen LogP contribution in [0.1, 0.15) is 0 Å². The number of methoxy groups -OCH3 is 1. The second kappa shape index (κ2) is 6.68. The van der Waals surface area contributed by atoms with Crippen molar-refractivity contribution in [2.75, 3.05) is 50.1 Å². The van der Waals surface area contributed by atoms with Crippen LogP contribution in [-0.2, 0) is 0 Å². The van der Waals surface area contributed by atoms with Crippen LogP contribution in [0.15, 0.2) is 10.7 Å². The Kier molecular flexibility index (Phi) is 5.20. The van der Waals surface area contributed by atoms with Gasteiger partial charge in [-0.1, -0.05) is 15.9 Å². The summed E-state index contributed by atoms with van der Waals surface area (Å²) >= 11 is 6.83. The number of alkyl halides is 1. The van der Waals surface area contributed by atoms with Gasteiger partial charge in [-0.3, -0.25) is 4.90 Å². The zero-order chi connectivity index (χ0) is 13.0. The average molecular weight is 380 g/mol. The van der Waals surface area contributed by atoms with Crippen LogP contribution in [0.3, 0.4) is 0 Å². The molecule has 0 bridgehead atoms. The minimum absolute atomic E-state index is 0.586. The number of nitrogens with zero attached hydrogens (tertiary/aromatic N) is 4. The van der Waals surface area contributed by atoms with Gasteiger partial charge in [-0.2, -0.15) is 4.98 Å². The summed E-state index contributed by atoms with van der Waals surface area (Å²) in [6.07, 6.45) is 1.74. The third-order valence-corrected chi connectivity index (χ3v) is 3.85. The van der Waals surface area contributed by atoms with Crippen molar-refractivity contribution in [1.29, 1.82) is 0 Å². The lowest BCUT2D eigenvalue weighted by molar-refractivity contribution is 0.272. The molecule has 1 aromatic heterocycles. The number of ether oxygens (including phenoxy) is 1. The second-order valence-corrected chi connectivity index (χ2v) is 5.69. The van der Waals surface area contributed by atoms with Crippen LogP contribution < -0.4 is 9.64 Å². The highest BCUT2D eigenvalue weighted by Crippen LogP contribution is 2.23. The first kappa shape index (κ1) is 14.0. The van der Waals surface area contributed by atoms with E-state index < -0.39 is 0 Å². The summed E-state index contributed by atoms with van der Waals surface area (Å²) < 4.78 is 5.98. The molecule has 1 aliphatic heterocycles. The Morgan fingerprint density at radius 3 is 2.67 bits per heavy atom. The Hall–Kier alpha value is -0.400. The SMILES string of the molecule is COc1nc(N2CCN(CCBr)CC2)ncc1Br. The molecule has 0 aliphatic carbocycles. The average Bonchev–Trinajstić information content (AvgIpc) is 2.41. The van der Waals surface area contributed by atoms with Crippen LogP contribution in [0.25, 0.3) is 0 Å². The Bertz CT molecular complexity index is 397. The third-order valence-electron chi connectivity index (χ3n) is 2.95. The highest BCUT2D eigenvalue weighted by atomic mass is 79.9. The fourth-order valence-corrected chi connectivity index (χ4v) is 2.78. The quantitative estimate of drug-likeness (QED) is 0.745. The van der Waals surface area contributed by atoms with Crippen molar-refractivity contribution in [2.24, 2.45) is 0 Å². The van der Waals surface area contributed by atoms with Gasteiger partial charge in [-0.15, -0.1) is 0 Å². The van der Waals surface area contributed by atoms with E-state index in [0.717, 1.165) is 48.5 Å². The molecular weight excluding hydrogens is 364 g/mol. The van der Waals surface area contributed by atoms with Gasteiger partial charge in [0.15, 0.2) is 0 Å². The van der Waals surface area contributed by atoms with E-state index in [1.807, 2.05) is 0 Å². The fraction of sp³-hybridized carbons (Fsp3) is 0.636. The molecule has 1 fully saturated rings. The third kappa shape index (κ3) is 3.33. The highest BCUT2D eigenvalue weighted by Gasteiger charge is 2.19. The van der Waals surface area contributed by atoms with E-state index in [-0.39, 0.29) is 0 Å². The van der Waals surface area contributed by atoms with Gasteiger partial charge < -0.3 is 9.64 Å². The molecule has 7 heteroatoms. The van der Waals surface area contributed by atoms with E-state index in [1.165, 1.54) is 0 Å². The summed E-state index contributed by atoms with van der Waals surface area (Å²) in [7, 11) is 1.62. The molecule has 2 heterocycles. The molecule has 0 atom stereocenters. The summed E-state index contributed by atoms with van der Waals surface area (Å²) in [6, 6.07) is 0. The summed E-state index contributed by atoms with van der Waals surface area (Å²) in [5, 5.41) is 1.02. The molecule has 0 aromatic carbocycles. The maximum absolute atomic E-state index is 5.19. The normalized spacial score (nSPS) is 16.9. The minimum Gasteiger partial charge on any atom is -0.480 e. The molecule has 5 nitrogen and oxygen atoms in total. The lowest BCUT2D eigenvalue weighted by atomic mass is 10.3. The molecule has 0 saturated carbocycles. The van der Waals surface area contributed by atoms with Crippen LogP contribution in [0.4, 0.5) is 5.95 Å². The van der Waals surface area contributed by atoms with Crippen LogP contribution in [0, 0.1) is 0 Å². The van der Waals surface area contributed by atoms with Gasteiger partial charge in [0.1, 0.15) is 0 Å². The van der Waals surface area contributed by atoms with Crippen molar-refractivity contribution in [1.82, 2.24) is 14.9 Å². The van der Waals surface area contributed by atoms with Crippen molar-refractivity contribution in [2.45, 2.75) is 0 Å². The first-order valence-corrected chi connectivity index (χ1v) is 7.76. The van der Waals surface area contributed by atoms with E-state index in [4.69, 9.17) is 4.74 Å². The number of halogens is 2. The Labute approximate surface area is 124 Å². The summed E-state index contributed by atoms with van der Waals surface area (Å²) in [5.41, 5.74) is 0. The zero-order valence-electron chi connectivity index (χ0n) is 10.3. The van der Waals surface area contributed by atoms with Crippen molar-refractivity contribution in [3.05, 3.63) is 10.7 Å². The lowest BCUT2D eigenvalue weighted by Gasteiger charge is -2.34. The van der Waals surface area contributed by atoms with Crippen LogP contribution >= 0.6 is 31.9 Å². The standard InChI is InChI=1S/C11H16Br2N4O/c1-18-10-9(13)8-14-11(15-10)17-6-4-16(3-2-12)5-7-17/h8H,2-7H2,1H3. The molecule has 1 saturated heterocycles. The van der Waals surface area contributed by atoms with Gasteiger partial charge >= 0.3 is 0 Å². The molecule has 2 rings (SSSR count). The first-order valence-electron chi connectivity index (χ1n) is 5.84. The fourth-order valence-electron chi connectivity index (χ4n) is 1.93. The molecule has 0 spiro atoms. The van der Waals surface area contributed by atoms with Crippen LogP contribution in [0.5, 0.6) is 5.88 Å². The number of hydrogen-bond donors (Lipinski definition) is 0. The number of piperazine rings is 1. The van der Waals surface area contributed by atoms with E-state index in [9.17, 15) is 0 Å². The highest BCUT2D eigenvalue weighted by molar-refractivity contribution is 9.10. The topological polar surface area (TPSA) is 41.5 Å². The smallest absolute Gasteiger partial charge is 0.232 e. The number of rotatable bonds is 4. The van der Waals surface area contributed by atoms with Crippen molar-refractivity contribution < 1.29 is 4.74 Å². The molecular formula is C11H16Br2N4O. The van der Waals surface area contributed by atoms with Gasteiger partial charge in [-0.25, -0.2) is 4.98 Å². The maximum atomic E-state index is 5.19. The second-order valence-electron chi connectivity index (χ2n) is 4.04. The predicted octanol–water partition coefficient (Wildman–Crippen LogP) is 1.76. The van der Waals surface area contributed by atoms with E-state index >= 15 is 0 Å².